The van der Waals surface area contributed by atoms with Crippen molar-refractivity contribution in [2.24, 2.45) is 4.99 Å². The minimum absolute atomic E-state index is 0. The van der Waals surface area contributed by atoms with E-state index in [9.17, 15) is 8.78 Å². The molecule has 0 heterocycles. The summed E-state index contributed by atoms with van der Waals surface area (Å²) < 4.78 is 28.1. The normalized spacial score (nSPS) is 15.0. The van der Waals surface area contributed by atoms with Crippen LogP contribution in [0.2, 0.25) is 0 Å². The molecular weight excluding hydrogens is 485 g/mol. The van der Waals surface area contributed by atoms with Gasteiger partial charge in [-0.3, -0.25) is 4.99 Å². The predicted octanol–water partition coefficient (Wildman–Crippen LogP) is 4.04. The highest BCUT2D eigenvalue weighted by atomic mass is 127. The number of aliphatic imine (C=N–C) groups is 1. The van der Waals surface area contributed by atoms with E-state index in [1.807, 2.05) is 37.2 Å². The second-order valence-corrected chi connectivity index (χ2v) is 7.70. The van der Waals surface area contributed by atoms with Gasteiger partial charge in [-0.25, -0.2) is 8.78 Å². The third-order valence-electron chi connectivity index (χ3n) is 5.17. The Kier molecular flexibility index (Phi) is 8.39. The van der Waals surface area contributed by atoms with Crippen molar-refractivity contribution in [1.29, 1.82) is 0 Å². The lowest BCUT2D eigenvalue weighted by Gasteiger charge is -2.20. The molecule has 7 heteroatoms. The van der Waals surface area contributed by atoms with E-state index in [1.54, 1.807) is 19.2 Å². The average molecular weight is 514 g/mol. The van der Waals surface area contributed by atoms with Gasteiger partial charge in [-0.2, -0.15) is 0 Å². The van der Waals surface area contributed by atoms with Crippen molar-refractivity contribution < 1.29 is 8.78 Å². The van der Waals surface area contributed by atoms with Gasteiger partial charge < -0.3 is 15.5 Å². The van der Waals surface area contributed by atoms with Gasteiger partial charge in [0.2, 0.25) is 0 Å². The Morgan fingerprint density at radius 2 is 1.79 bits per heavy atom. The van der Waals surface area contributed by atoms with Crippen molar-refractivity contribution in [1.82, 2.24) is 15.5 Å². The Morgan fingerprint density at radius 3 is 2.41 bits per heavy atom. The highest BCUT2D eigenvalue weighted by Crippen LogP contribution is 2.48. The molecule has 0 spiro atoms. The number of nitrogens with one attached hydrogen (secondary N) is 2. The van der Waals surface area contributed by atoms with Crippen molar-refractivity contribution in [3.05, 3.63) is 70.8 Å². The SMILES string of the molecule is CN=C(NCc1ccc(F)c(CN(C)C)c1)NCC1(c2ccccc2F)CC1.I. The Morgan fingerprint density at radius 1 is 1.07 bits per heavy atom. The van der Waals surface area contributed by atoms with Crippen LogP contribution in [0, 0.1) is 11.6 Å². The molecule has 1 fully saturated rings. The molecule has 0 unspecified atom stereocenters. The van der Waals surface area contributed by atoms with Crippen LogP contribution in [0.15, 0.2) is 47.5 Å². The van der Waals surface area contributed by atoms with Crippen molar-refractivity contribution in [2.45, 2.75) is 31.3 Å². The highest BCUT2D eigenvalue weighted by molar-refractivity contribution is 14.0. The Labute approximate surface area is 188 Å². The fraction of sp³-hybridized carbons (Fsp3) is 0.409. The lowest BCUT2D eigenvalue weighted by atomic mass is 9.95. The Bertz CT molecular complexity index is 850. The summed E-state index contributed by atoms with van der Waals surface area (Å²) >= 11 is 0. The molecule has 1 aliphatic carbocycles. The van der Waals surface area contributed by atoms with Gasteiger partial charge in [-0.05, 0) is 56.3 Å². The molecule has 29 heavy (non-hydrogen) atoms. The summed E-state index contributed by atoms with van der Waals surface area (Å²) in [6.07, 6.45) is 1.92. The molecule has 0 aromatic heterocycles. The molecule has 0 radical (unpaired) electrons. The zero-order chi connectivity index (χ0) is 20.1. The van der Waals surface area contributed by atoms with Crippen molar-refractivity contribution >= 4 is 29.9 Å². The molecule has 2 N–H and O–H groups in total. The van der Waals surface area contributed by atoms with Crippen molar-refractivity contribution in [2.75, 3.05) is 27.7 Å². The number of hydrogen-bond acceptors (Lipinski definition) is 2. The first kappa shape index (κ1) is 23.5. The smallest absolute Gasteiger partial charge is 0.191 e. The molecule has 0 saturated heterocycles. The molecule has 4 nitrogen and oxygen atoms in total. The first-order valence-corrected chi connectivity index (χ1v) is 9.55. The lowest BCUT2D eigenvalue weighted by Crippen LogP contribution is -2.41. The molecule has 2 aromatic carbocycles. The minimum Gasteiger partial charge on any atom is -0.356 e. The van der Waals surface area contributed by atoms with E-state index >= 15 is 0 Å². The van der Waals surface area contributed by atoms with Gasteiger partial charge >= 0.3 is 0 Å². The van der Waals surface area contributed by atoms with Crippen LogP contribution < -0.4 is 10.6 Å². The van der Waals surface area contributed by atoms with E-state index in [4.69, 9.17) is 0 Å². The maximum Gasteiger partial charge on any atom is 0.191 e. The fourth-order valence-corrected chi connectivity index (χ4v) is 3.44. The van der Waals surface area contributed by atoms with Crippen LogP contribution in [0.3, 0.4) is 0 Å². The second kappa shape index (κ2) is 10.3. The van der Waals surface area contributed by atoms with Crippen molar-refractivity contribution in [3.8, 4) is 0 Å². The third-order valence-corrected chi connectivity index (χ3v) is 5.17. The molecule has 0 amide bonds. The van der Waals surface area contributed by atoms with E-state index in [0.29, 0.717) is 31.2 Å². The number of benzene rings is 2. The largest absolute Gasteiger partial charge is 0.356 e. The third kappa shape index (κ3) is 6.12. The number of halogens is 3. The number of nitrogens with zero attached hydrogens (tertiary/aromatic N) is 2. The van der Waals surface area contributed by atoms with Crippen LogP contribution in [0.25, 0.3) is 0 Å². The zero-order valence-electron chi connectivity index (χ0n) is 17.1. The first-order chi connectivity index (χ1) is 13.4. The summed E-state index contributed by atoms with van der Waals surface area (Å²) in [5.74, 6) is 0.311. The van der Waals surface area contributed by atoms with E-state index in [-0.39, 0.29) is 41.0 Å². The maximum atomic E-state index is 14.2. The van der Waals surface area contributed by atoms with Crippen LogP contribution in [0.4, 0.5) is 8.78 Å². The molecule has 1 aliphatic rings. The minimum atomic E-state index is -0.194. The Balaban J connectivity index is 0.00000300. The van der Waals surface area contributed by atoms with Crippen LogP contribution in [0.5, 0.6) is 0 Å². The van der Waals surface area contributed by atoms with Gasteiger partial charge in [0.25, 0.3) is 0 Å². The zero-order valence-corrected chi connectivity index (χ0v) is 19.5. The summed E-state index contributed by atoms with van der Waals surface area (Å²) in [7, 11) is 5.54. The van der Waals surface area contributed by atoms with Crippen LogP contribution in [-0.4, -0.2) is 38.5 Å². The highest BCUT2D eigenvalue weighted by Gasteiger charge is 2.45. The van der Waals surface area contributed by atoms with Gasteiger partial charge in [0, 0.05) is 37.7 Å². The van der Waals surface area contributed by atoms with E-state index < -0.39 is 0 Å². The standard InChI is InChI=1S/C22H28F2N4.HI/c1-25-21(26-13-16-8-9-19(23)17(12-16)14-28(2)3)27-15-22(10-11-22)18-6-4-5-7-20(18)24;/h4-9,12H,10-11,13-15H2,1-3H3,(H2,25,26,27);1H. The molecule has 0 bridgehead atoms. The summed E-state index contributed by atoms with van der Waals surface area (Å²) in [4.78, 5) is 6.20. The van der Waals surface area contributed by atoms with Gasteiger partial charge in [0.15, 0.2) is 5.96 Å². The topological polar surface area (TPSA) is 39.7 Å². The molecule has 2 aromatic rings. The molecule has 1 saturated carbocycles. The maximum absolute atomic E-state index is 14.2. The van der Waals surface area contributed by atoms with Gasteiger partial charge in [-0.1, -0.05) is 24.3 Å². The first-order valence-electron chi connectivity index (χ1n) is 9.55. The summed E-state index contributed by atoms with van der Waals surface area (Å²) in [5, 5.41) is 6.58. The molecular formula is C22H29F2IN4. The van der Waals surface area contributed by atoms with E-state index in [0.717, 1.165) is 24.0 Å². The van der Waals surface area contributed by atoms with Gasteiger partial charge in [0.05, 0.1) is 0 Å². The van der Waals surface area contributed by atoms with Crippen LogP contribution in [-0.2, 0) is 18.5 Å². The number of guanidine groups is 1. The number of rotatable bonds is 7. The van der Waals surface area contributed by atoms with E-state index in [2.05, 4.69) is 15.6 Å². The number of hydrogen-bond donors (Lipinski definition) is 2. The van der Waals surface area contributed by atoms with Crippen molar-refractivity contribution in [3.63, 3.8) is 0 Å². The summed E-state index contributed by atoms with van der Waals surface area (Å²) in [6, 6.07) is 12.1. The van der Waals surface area contributed by atoms with E-state index in [1.165, 1.54) is 12.1 Å². The molecule has 0 atom stereocenters. The van der Waals surface area contributed by atoms with Gasteiger partial charge in [-0.15, -0.1) is 24.0 Å². The van der Waals surface area contributed by atoms with Gasteiger partial charge in [0.1, 0.15) is 11.6 Å². The fourth-order valence-electron chi connectivity index (χ4n) is 3.44. The second-order valence-electron chi connectivity index (χ2n) is 7.70. The monoisotopic (exact) mass is 514 g/mol. The summed E-state index contributed by atoms with van der Waals surface area (Å²) in [5.41, 5.74) is 2.27. The Hall–Kier alpha value is -1.74. The predicted molar refractivity (Wildman–Crippen MR) is 125 cm³/mol. The van der Waals surface area contributed by atoms with Crippen LogP contribution in [0.1, 0.15) is 29.5 Å². The van der Waals surface area contributed by atoms with Crippen LogP contribution >= 0.6 is 24.0 Å². The molecule has 0 aliphatic heterocycles. The quantitative estimate of drug-likeness (QED) is 0.333. The lowest BCUT2D eigenvalue weighted by molar-refractivity contribution is 0.392. The average Bonchev–Trinajstić information content (AvgIpc) is 3.45. The molecule has 158 valence electrons. The summed E-state index contributed by atoms with van der Waals surface area (Å²) in [6.45, 7) is 1.72. The molecule has 3 rings (SSSR count).